The van der Waals surface area contributed by atoms with Crippen molar-refractivity contribution in [1.82, 2.24) is 0 Å². The molecule has 1 aliphatic rings. The molecule has 0 spiro atoms. The molecular weight excluding hydrogens is 456 g/mol. The topological polar surface area (TPSA) is 54.0 Å². The second-order valence-corrected chi connectivity index (χ2v) is 16.2. The lowest BCUT2D eigenvalue weighted by molar-refractivity contribution is -0.303. The Morgan fingerprint density at radius 2 is 1.37 bits per heavy atom. The van der Waals surface area contributed by atoms with E-state index in [1.807, 2.05) is 46.8 Å². The SMILES string of the molecule is CC(C)(C)OC(=O)C[C@H]1C[C@@H](CO[Si](c2ccccc2)(c2ccccc2)C(C)(C)C)OC(C)(C)O1. The molecular formula is C29H42O5Si. The summed E-state index contributed by atoms with van der Waals surface area (Å²) in [6.45, 7) is 16.6. The van der Waals surface area contributed by atoms with Gasteiger partial charge in [-0.3, -0.25) is 4.79 Å². The van der Waals surface area contributed by atoms with Gasteiger partial charge >= 0.3 is 5.97 Å². The van der Waals surface area contributed by atoms with Gasteiger partial charge in [-0.2, -0.15) is 0 Å². The molecule has 35 heavy (non-hydrogen) atoms. The molecule has 1 fully saturated rings. The predicted molar refractivity (Wildman–Crippen MR) is 142 cm³/mol. The maximum atomic E-state index is 12.5. The number of hydrogen-bond acceptors (Lipinski definition) is 5. The van der Waals surface area contributed by atoms with E-state index >= 15 is 0 Å². The number of hydrogen-bond donors (Lipinski definition) is 0. The highest BCUT2D eigenvalue weighted by atomic mass is 28.4. The van der Waals surface area contributed by atoms with E-state index in [0.29, 0.717) is 13.0 Å². The minimum atomic E-state index is -2.68. The van der Waals surface area contributed by atoms with Gasteiger partial charge in [0.05, 0.1) is 25.2 Å². The van der Waals surface area contributed by atoms with Crippen molar-refractivity contribution in [2.45, 2.75) is 96.9 Å². The zero-order valence-corrected chi connectivity index (χ0v) is 23.6. The summed E-state index contributed by atoms with van der Waals surface area (Å²) < 4.78 is 25.0. The van der Waals surface area contributed by atoms with E-state index in [2.05, 4.69) is 69.3 Å². The first-order valence-electron chi connectivity index (χ1n) is 12.5. The summed E-state index contributed by atoms with van der Waals surface area (Å²) in [7, 11) is -2.68. The Bertz CT molecular complexity index is 921. The maximum absolute atomic E-state index is 12.5. The Labute approximate surface area is 212 Å². The minimum absolute atomic E-state index is 0.119. The Hall–Kier alpha value is -1.99. The van der Waals surface area contributed by atoms with Crippen LogP contribution in [0.15, 0.2) is 60.7 Å². The second-order valence-electron chi connectivity index (χ2n) is 11.9. The molecule has 0 radical (unpaired) electrons. The van der Waals surface area contributed by atoms with Crippen molar-refractivity contribution in [2.75, 3.05) is 6.61 Å². The van der Waals surface area contributed by atoms with E-state index in [4.69, 9.17) is 18.6 Å². The number of esters is 1. The molecule has 0 bridgehead atoms. The van der Waals surface area contributed by atoms with E-state index in [-0.39, 0.29) is 29.6 Å². The number of rotatable bonds is 7. The highest BCUT2D eigenvalue weighted by Crippen LogP contribution is 2.38. The summed E-state index contributed by atoms with van der Waals surface area (Å²) in [6, 6.07) is 21.2. The Morgan fingerprint density at radius 1 is 0.886 bits per heavy atom. The number of ether oxygens (including phenoxy) is 3. The Balaban J connectivity index is 1.87. The van der Waals surface area contributed by atoms with E-state index in [1.54, 1.807) is 0 Å². The summed E-state index contributed by atoms with van der Waals surface area (Å²) in [6.07, 6.45) is 0.273. The van der Waals surface area contributed by atoms with Crippen molar-refractivity contribution in [1.29, 1.82) is 0 Å². The smallest absolute Gasteiger partial charge is 0.308 e. The van der Waals surface area contributed by atoms with Gasteiger partial charge in [-0.05, 0) is 50.0 Å². The maximum Gasteiger partial charge on any atom is 0.308 e. The molecule has 0 aliphatic carbocycles. The first-order valence-corrected chi connectivity index (χ1v) is 14.5. The minimum Gasteiger partial charge on any atom is -0.460 e. The molecule has 6 heteroatoms. The van der Waals surface area contributed by atoms with Crippen molar-refractivity contribution >= 4 is 24.7 Å². The van der Waals surface area contributed by atoms with Gasteiger partial charge in [0.1, 0.15) is 5.60 Å². The van der Waals surface area contributed by atoms with E-state index in [0.717, 1.165) is 0 Å². The lowest BCUT2D eigenvalue weighted by Gasteiger charge is -2.45. The zero-order valence-electron chi connectivity index (χ0n) is 22.6. The van der Waals surface area contributed by atoms with Gasteiger partial charge in [0.25, 0.3) is 8.32 Å². The standard InChI is InChI=1S/C29H42O5Si/c1-27(2,3)34-26(30)20-22-19-23(33-29(7,8)32-22)21-31-35(28(4,5)6,24-15-11-9-12-16-24)25-17-13-10-14-18-25/h9-18,22-23H,19-21H2,1-8H3/t22-,23+/m1/s1. The highest BCUT2D eigenvalue weighted by Gasteiger charge is 2.51. The number of benzene rings is 2. The van der Waals surface area contributed by atoms with Gasteiger partial charge in [-0.1, -0.05) is 81.4 Å². The average Bonchev–Trinajstić information content (AvgIpc) is 2.72. The molecule has 192 valence electrons. The van der Waals surface area contributed by atoms with E-state index in [1.165, 1.54) is 10.4 Å². The van der Waals surface area contributed by atoms with Crippen LogP contribution in [0.2, 0.25) is 5.04 Å². The monoisotopic (exact) mass is 498 g/mol. The first-order chi connectivity index (χ1) is 16.2. The fourth-order valence-electron chi connectivity index (χ4n) is 5.00. The Morgan fingerprint density at radius 3 is 1.83 bits per heavy atom. The van der Waals surface area contributed by atoms with Crippen LogP contribution in [-0.2, 0) is 23.4 Å². The van der Waals surface area contributed by atoms with Gasteiger partial charge in [-0.15, -0.1) is 0 Å². The summed E-state index contributed by atoms with van der Waals surface area (Å²) >= 11 is 0. The molecule has 5 nitrogen and oxygen atoms in total. The largest absolute Gasteiger partial charge is 0.460 e. The number of carbonyl (C=O) groups is 1. The van der Waals surface area contributed by atoms with Gasteiger partial charge in [0.2, 0.25) is 0 Å². The Kier molecular flexibility index (Phi) is 8.32. The van der Waals surface area contributed by atoms with Gasteiger partial charge < -0.3 is 18.6 Å². The van der Waals surface area contributed by atoms with Crippen LogP contribution < -0.4 is 10.4 Å². The van der Waals surface area contributed by atoms with Crippen LogP contribution in [0.5, 0.6) is 0 Å². The lowest BCUT2D eigenvalue weighted by Crippen LogP contribution is -2.67. The fraction of sp³-hybridized carbons (Fsp3) is 0.552. The number of carbonyl (C=O) groups excluding carboxylic acids is 1. The highest BCUT2D eigenvalue weighted by molar-refractivity contribution is 6.99. The third kappa shape index (κ3) is 7.03. The normalized spacial score (nSPS) is 20.9. The average molecular weight is 499 g/mol. The van der Waals surface area contributed by atoms with Gasteiger partial charge in [-0.25, -0.2) is 0 Å². The van der Waals surface area contributed by atoms with Crippen LogP contribution >= 0.6 is 0 Å². The van der Waals surface area contributed by atoms with Crippen LogP contribution in [0.1, 0.15) is 68.2 Å². The molecule has 2 aromatic rings. The van der Waals surface area contributed by atoms with Crippen molar-refractivity contribution in [3.8, 4) is 0 Å². The van der Waals surface area contributed by atoms with E-state index < -0.39 is 19.7 Å². The molecule has 2 aromatic carbocycles. The van der Waals surface area contributed by atoms with Crippen LogP contribution in [0.25, 0.3) is 0 Å². The third-order valence-electron chi connectivity index (χ3n) is 6.14. The van der Waals surface area contributed by atoms with Crippen LogP contribution in [-0.4, -0.2) is 44.5 Å². The van der Waals surface area contributed by atoms with Gasteiger partial charge in [0, 0.05) is 6.42 Å². The van der Waals surface area contributed by atoms with Crippen molar-refractivity contribution in [2.24, 2.45) is 0 Å². The summed E-state index contributed by atoms with van der Waals surface area (Å²) in [5.74, 6) is -1.07. The molecule has 0 amide bonds. The first kappa shape index (κ1) is 27.6. The van der Waals surface area contributed by atoms with Crippen LogP contribution in [0, 0.1) is 0 Å². The molecule has 1 aliphatic heterocycles. The van der Waals surface area contributed by atoms with Crippen molar-refractivity contribution in [3.63, 3.8) is 0 Å². The lowest BCUT2D eigenvalue weighted by atomic mass is 10.1. The zero-order chi connectivity index (χ0) is 25.9. The van der Waals surface area contributed by atoms with Gasteiger partial charge in [0.15, 0.2) is 5.79 Å². The molecule has 0 aromatic heterocycles. The fourth-order valence-corrected chi connectivity index (χ4v) is 9.59. The molecule has 0 N–H and O–H groups in total. The summed E-state index contributed by atoms with van der Waals surface area (Å²) in [4.78, 5) is 12.5. The molecule has 1 heterocycles. The molecule has 1 saturated heterocycles. The summed E-state index contributed by atoms with van der Waals surface area (Å²) in [5.41, 5.74) is -0.524. The molecule has 2 atom stereocenters. The third-order valence-corrected chi connectivity index (χ3v) is 11.1. The summed E-state index contributed by atoms with van der Waals surface area (Å²) in [5, 5.41) is 2.34. The quantitative estimate of drug-likeness (QED) is 0.388. The van der Waals surface area contributed by atoms with Crippen molar-refractivity contribution < 1.29 is 23.4 Å². The molecule has 0 unspecified atom stereocenters. The van der Waals surface area contributed by atoms with E-state index in [9.17, 15) is 4.79 Å². The van der Waals surface area contributed by atoms with Crippen LogP contribution in [0.3, 0.4) is 0 Å². The predicted octanol–water partition coefficient (Wildman–Crippen LogP) is 5.21. The molecule has 0 saturated carbocycles. The van der Waals surface area contributed by atoms with Crippen molar-refractivity contribution in [3.05, 3.63) is 60.7 Å². The molecule has 3 rings (SSSR count). The second kappa shape index (κ2) is 10.6. The van der Waals surface area contributed by atoms with Crippen LogP contribution in [0.4, 0.5) is 0 Å².